The molecule has 1 N–H and O–H groups in total. The van der Waals surface area contributed by atoms with Gasteiger partial charge in [-0.3, -0.25) is 0 Å². The van der Waals surface area contributed by atoms with Crippen LogP contribution in [0.5, 0.6) is 0 Å². The Bertz CT molecular complexity index is 755. The number of aromatic nitrogens is 4. The van der Waals surface area contributed by atoms with Gasteiger partial charge in [0.25, 0.3) is 0 Å². The molecule has 0 saturated heterocycles. The highest BCUT2D eigenvalue weighted by atomic mass is 79.9. The number of halogens is 1. The van der Waals surface area contributed by atoms with Crippen LogP contribution in [0.4, 0.5) is 0 Å². The fourth-order valence-electron chi connectivity index (χ4n) is 1.96. The summed E-state index contributed by atoms with van der Waals surface area (Å²) in [5.41, 5.74) is 2.52. The summed E-state index contributed by atoms with van der Waals surface area (Å²) < 4.78 is 0.804. The summed E-state index contributed by atoms with van der Waals surface area (Å²) in [6.45, 7) is 1.72. The van der Waals surface area contributed by atoms with Crippen LogP contribution >= 0.6 is 15.9 Å². The van der Waals surface area contributed by atoms with Gasteiger partial charge in [-0.05, 0) is 45.8 Å². The molecule has 1 heterocycles. The summed E-state index contributed by atoms with van der Waals surface area (Å²) >= 11 is 3.48. The van der Waals surface area contributed by atoms with Crippen molar-refractivity contribution in [3.63, 3.8) is 0 Å². The fourth-order valence-corrected chi connectivity index (χ4v) is 2.52. The molecular formula is C15H13BrN4O. The van der Waals surface area contributed by atoms with Crippen LogP contribution in [0.1, 0.15) is 18.6 Å². The molecule has 1 aromatic heterocycles. The predicted octanol–water partition coefficient (Wildman–Crippen LogP) is 3.15. The second kappa shape index (κ2) is 5.75. The van der Waals surface area contributed by atoms with Gasteiger partial charge in [0.05, 0.1) is 6.10 Å². The highest BCUT2D eigenvalue weighted by Crippen LogP contribution is 2.25. The van der Waals surface area contributed by atoms with E-state index in [1.807, 2.05) is 48.5 Å². The molecule has 0 unspecified atom stereocenters. The summed E-state index contributed by atoms with van der Waals surface area (Å²) in [5, 5.41) is 22.1. The largest absolute Gasteiger partial charge is 0.389 e. The zero-order chi connectivity index (χ0) is 14.8. The smallest absolute Gasteiger partial charge is 0.205 e. The number of nitrogens with zero attached hydrogens (tertiary/aromatic N) is 4. The van der Waals surface area contributed by atoms with E-state index < -0.39 is 6.10 Å². The van der Waals surface area contributed by atoms with Gasteiger partial charge in [-0.15, -0.1) is 15.0 Å². The predicted molar refractivity (Wildman–Crippen MR) is 82.9 cm³/mol. The van der Waals surface area contributed by atoms with Crippen molar-refractivity contribution in [1.29, 1.82) is 0 Å². The Hall–Kier alpha value is -2.05. The Balaban J connectivity index is 1.97. The van der Waals surface area contributed by atoms with Crippen molar-refractivity contribution in [3.8, 4) is 17.1 Å². The van der Waals surface area contributed by atoms with Crippen molar-refractivity contribution < 1.29 is 5.11 Å². The average Bonchev–Trinajstić information content (AvgIpc) is 2.97. The van der Waals surface area contributed by atoms with Crippen molar-refractivity contribution in [1.82, 2.24) is 20.2 Å². The van der Waals surface area contributed by atoms with Crippen LogP contribution in [0, 0.1) is 0 Å². The molecule has 5 nitrogen and oxygen atoms in total. The average molecular weight is 345 g/mol. The molecule has 3 aromatic rings. The molecule has 0 aliphatic carbocycles. The van der Waals surface area contributed by atoms with Gasteiger partial charge in [-0.25, -0.2) is 0 Å². The van der Waals surface area contributed by atoms with Crippen LogP contribution in [0.15, 0.2) is 53.0 Å². The number of aliphatic hydroxyl groups excluding tert-OH is 1. The van der Waals surface area contributed by atoms with Crippen LogP contribution in [-0.4, -0.2) is 25.3 Å². The van der Waals surface area contributed by atoms with Gasteiger partial charge in [0.2, 0.25) is 5.82 Å². The molecule has 0 spiro atoms. The number of hydrogen-bond acceptors (Lipinski definition) is 4. The summed E-state index contributed by atoms with van der Waals surface area (Å²) in [6, 6.07) is 15.2. The summed E-state index contributed by atoms with van der Waals surface area (Å²) in [6.07, 6.45) is -0.515. The maximum absolute atomic E-state index is 9.59. The van der Waals surface area contributed by atoms with E-state index in [0.29, 0.717) is 5.82 Å². The lowest BCUT2D eigenvalue weighted by atomic mass is 10.1. The van der Waals surface area contributed by atoms with E-state index in [-0.39, 0.29) is 0 Å². The van der Waals surface area contributed by atoms with E-state index in [0.717, 1.165) is 21.3 Å². The summed E-state index contributed by atoms with van der Waals surface area (Å²) in [7, 11) is 0. The molecule has 2 aromatic carbocycles. The van der Waals surface area contributed by atoms with E-state index in [9.17, 15) is 5.11 Å². The van der Waals surface area contributed by atoms with Gasteiger partial charge in [-0.2, -0.15) is 0 Å². The van der Waals surface area contributed by atoms with E-state index in [1.54, 1.807) is 6.92 Å². The Morgan fingerprint density at radius 2 is 1.90 bits per heavy atom. The Labute approximate surface area is 130 Å². The molecule has 0 aliphatic rings. The minimum absolute atomic E-state index is 0.515. The maximum Gasteiger partial charge on any atom is 0.205 e. The summed E-state index contributed by atoms with van der Waals surface area (Å²) in [5.74, 6) is 0.571. The van der Waals surface area contributed by atoms with Crippen molar-refractivity contribution in [2.45, 2.75) is 13.0 Å². The van der Waals surface area contributed by atoms with Crippen molar-refractivity contribution >= 4 is 15.9 Å². The third kappa shape index (κ3) is 2.86. The van der Waals surface area contributed by atoms with Crippen LogP contribution in [0.25, 0.3) is 17.1 Å². The lowest BCUT2D eigenvalue weighted by Crippen LogP contribution is -2.01. The lowest BCUT2D eigenvalue weighted by molar-refractivity contribution is 0.199. The van der Waals surface area contributed by atoms with Crippen molar-refractivity contribution in [2.24, 2.45) is 0 Å². The molecule has 0 amide bonds. The highest BCUT2D eigenvalue weighted by Gasteiger charge is 2.11. The Morgan fingerprint density at radius 1 is 1.14 bits per heavy atom. The fraction of sp³-hybridized carbons (Fsp3) is 0.133. The molecule has 0 bridgehead atoms. The van der Waals surface area contributed by atoms with Gasteiger partial charge in [0, 0.05) is 10.0 Å². The quantitative estimate of drug-likeness (QED) is 0.792. The second-order valence-corrected chi connectivity index (χ2v) is 5.51. The normalized spacial score (nSPS) is 12.3. The number of rotatable bonds is 3. The van der Waals surface area contributed by atoms with Crippen LogP contribution in [0.2, 0.25) is 0 Å². The Morgan fingerprint density at radius 3 is 2.57 bits per heavy atom. The molecular weight excluding hydrogens is 332 g/mol. The molecule has 0 saturated carbocycles. The lowest BCUT2D eigenvalue weighted by Gasteiger charge is -2.07. The van der Waals surface area contributed by atoms with E-state index in [2.05, 4.69) is 31.3 Å². The summed E-state index contributed by atoms with van der Waals surface area (Å²) in [4.78, 5) is 1.47. The van der Waals surface area contributed by atoms with Crippen LogP contribution in [0.3, 0.4) is 0 Å². The van der Waals surface area contributed by atoms with Gasteiger partial charge in [0.1, 0.15) is 5.69 Å². The first-order chi connectivity index (χ1) is 10.1. The first-order valence-electron chi connectivity index (χ1n) is 6.48. The monoisotopic (exact) mass is 344 g/mol. The standard InChI is InChI=1S/C15H13BrN4O/c1-10(21)12-7-8-14(13(16)9-12)20-18-15(17-19-20)11-5-3-2-4-6-11/h2-10,21H,1H3/t10-/m1/s1. The van der Waals surface area contributed by atoms with E-state index in [1.165, 1.54) is 4.80 Å². The molecule has 0 radical (unpaired) electrons. The van der Waals surface area contributed by atoms with Gasteiger partial charge in [-0.1, -0.05) is 36.4 Å². The molecule has 1 atom stereocenters. The topological polar surface area (TPSA) is 63.8 Å². The molecule has 106 valence electrons. The first-order valence-corrected chi connectivity index (χ1v) is 7.28. The van der Waals surface area contributed by atoms with Crippen molar-refractivity contribution in [3.05, 3.63) is 58.6 Å². The van der Waals surface area contributed by atoms with Gasteiger partial charge in [0.15, 0.2) is 0 Å². The SMILES string of the molecule is C[C@@H](O)c1ccc(-n2nnc(-c3ccccc3)n2)c(Br)c1. The van der Waals surface area contributed by atoms with Crippen LogP contribution < -0.4 is 0 Å². The maximum atomic E-state index is 9.59. The minimum atomic E-state index is -0.515. The van der Waals surface area contributed by atoms with Gasteiger partial charge >= 0.3 is 0 Å². The van der Waals surface area contributed by atoms with E-state index >= 15 is 0 Å². The molecule has 0 aliphatic heterocycles. The zero-order valence-corrected chi connectivity index (χ0v) is 12.9. The molecule has 0 fully saturated rings. The number of aliphatic hydroxyl groups is 1. The van der Waals surface area contributed by atoms with E-state index in [4.69, 9.17) is 0 Å². The number of tetrazole rings is 1. The minimum Gasteiger partial charge on any atom is -0.389 e. The zero-order valence-electron chi connectivity index (χ0n) is 11.3. The van der Waals surface area contributed by atoms with Crippen molar-refractivity contribution in [2.75, 3.05) is 0 Å². The molecule has 21 heavy (non-hydrogen) atoms. The number of hydrogen-bond donors (Lipinski definition) is 1. The Kier molecular flexibility index (Phi) is 3.81. The second-order valence-electron chi connectivity index (χ2n) is 4.66. The first kappa shape index (κ1) is 13.9. The number of benzene rings is 2. The third-order valence-electron chi connectivity index (χ3n) is 3.12. The van der Waals surface area contributed by atoms with Crippen LogP contribution in [-0.2, 0) is 0 Å². The third-order valence-corrected chi connectivity index (χ3v) is 3.75. The highest BCUT2D eigenvalue weighted by molar-refractivity contribution is 9.10. The molecule has 6 heteroatoms. The molecule has 3 rings (SSSR count). The van der Waals surface area contributed by atoms with Gasteiger partial charge < -0.3 is 5.11 Å².